The standard InChI is InChI=1S/C28H50N2P2/c1-25(2,3)21-10-11-24(28(31,26(4,5)6)27(7,8)9)20(16-21)19-32(22-12-14-29-17-22)23-13-15-30-18-23/h10-11,16,22-23,29-30H,12-15,17-19,31H2,1-9H3. The van der Waals surface area contributed by atoms with Gasteiger partial charge in [0.15, 0.2) is 0 Å². The molecule has 32 heavy (non-hydrogen) atoms. The monoisotopic (exact) mass is 476 g/mol. The van der Waals surface area contributed by atoms with E-state index in [-0.39, 0.29) is 29.3 Å². The molecule has 3 atom stereocenters. The molecule has 1 aromatic carbocycles. The summed E-state index contributed by atoms with van der Waals surface area (Å²) in [5.74, 6) is 0. The first-order valence-corrected chi connectivity index (χ1v) is 15.0. The van der Waals surface area contributed by atoms with Crippen LogP contribution in [0.4, 0.5) is 0 Å². The molecule has 0 aromatic heterocycles. The van der Waals surface area contributed by atoms with Crippen molar-refractivity contribution in [3.8, 4) is 0 Å². The molecule has 3 rings (SSSR count). The van der Waals surface area contributed by atoms with Gasteiger partial charge in [-0.1, -0.05) is 88.4 Å². The first-order valence-electron chi connectivity index (χ1n) is 12.8. The number of hydrogen-bond donors (Lipinski definition) is 2. The lowest BCUT2D eigenvalue weighted by Gasteiger charge is -2.53. The van der Waals surface area contributed by atoms with Crippen LogP contribution in [0.15, 0.2) is 18.2 Å². The van der Waals surface area contributed by atoms with Gasteiger partial charge in [-0.15, -0.1) is 9.24 Å². The van der Waals surface area contributed by atoms with Crippen molar-refractivity contribution in [3.05, 3.63) is 34.9 Å². The van der Waals surface area contributed by atoms with Gasteiger partial charge in [-0.2, -0.15) is 0 Å². The molecule has 3 unspecified atom stereocenters. The lowest BCUT2D eigenvalue weighted by atomic mass is 9.61. The van der Waals surface area contributed by atoms with Crippen LogP contribution in [0.25, 0.3) is 0 Å². The minimum Gasteiger partial charge on any atom is -0.316 e. The maximum Gasteiger partial charge on any atom is 0.0196 e. The van der Waals surface area contributed by atoms with E-state index in [9.17, 15) is 0 Å². The summed E-state index contributed by atoms with van der Waals surface area (Å²) in [5.41, 5.74) is 6.86. The van der Waals surface area contributed by atoms with Crippen molar-refractivity contribution in [2.75, 3.05) is 26.2 Å². The van der Waals surface area contributed by atoms with Gasteiger partial charge in [0.05, 0.1) is 0 Å². The van der Waals surface area contributed by atoms with Crippen LogP contribution >= 0.6 is 17.2 Å². The molecule has 0 radical (unpaired) electrons. The summed E-state index contributed by atoms with van der Waals surface area (Å²) in [4.78, 5) is 0. The van der Waals surface area contributed by atoms with E-state index in [1.54, 1.807) is 11.1 Å². The Morgan fingerprint density at radius 1 is 0.844 bits per heavy atom. The van der Waals surface area contributed by atoms with Crippen LogP contribution in [0.3, 0.4) is 0 Å². The number of nitrogens with one attached hydrogen (secondary N) is 2. The Hall–Kier alpha value is -0.0000000000000000555. The molecule has 2 heterocycles. The van der Waals surface area contributed by atoms with Crippen molar-refractivity contribution < 1.29 is 0 Å². The Bertz CT molecular complexity index is 740. The second-order valence-corrected chi connectivity index (χ2v) is 17.1. The quantitative estimate of drug-likeness (QED) is 0.454. The molecule has 0 spiro atoms. The molecule has 2 saturated heterocycles. The molecule has 0 amide bonds. The molecular formula is C28H50N2P2. The van der Waals surface area contributed by atoms with Gasteiger partial charge in [0.1, 0.15) is 0 Å². The highest BCUT2D eigenvalue weighted by atomic mass is 31.1. The van der Waals surface area contributed by atoms with Crippen molar-refractivity contribution in [1.29, 1.82) is 0 Å². The highest BCUT2D eigenvalue weighted by Crippen LogP contribution is 2.61. The van der Waals surface area contributed by atoms with Crippen molar-refractivity contribution in [2.24, 2.45) is 10.8 Å². The molecule has 2 nitrogen and oxygen atoms in total. The fourth-order valence-electron chi connectivity index (χ4n) is 6.11. The summed E-state index contributed by atoms with van der Waals surface area (Å²) in [5, 5.41) is 7.37. The summed E-state index contributed by atoms with van der Waals surface area (Å²) < 4.78 is 0. The molecule has 2 aliphatic rings. The van der Waals surface area contributed by atoms with Crippen molar-refractivity contribution in [2.45, 2.75) is 103 Å². The van der Waals surface area contributed by atoms with Crippen LogP contribution in [0.1, 0.15) is 91.8 Å². The third kappa shape index (κ3) is 5.30. The number of rotatable bonds is 5. The Labute approximate surface area is 202 Å². The van der Waals surface area contributed by atoms with Crippen molar-refractivity contribution >= 4 is 17.2 Å². The first-order chi connectivity index (χ1) is 14.7. The minimum atomic E-state index is -0.0568. The molecule has 182 valence electrons. The topological polar surface area (TPSA) is 24.1 Å². The molecule has 2 aliphatic heterocycles. The van der Waals surface area contributed by atoms with Crippen LogP contribution in [0.5, 0.6) is 0 Å². The van der Waals surface area contributed by atoms with E-state index in [1.807, 2.05) is 0 Å². The lowest BCUT2D eigenvalue weighted by molar-refractivity contribution is 0.139. The summed E-state index contributed by atoms with van der Waals surface area (Å²) in [6, 6.07) is 7.53. The second kappa shape index (κ2) is 9.57. The SMILES string of the molecule is CC(C)(C)c1ccc(C(P)(C(C)(C)C)C(C)(C)C)c(CP(C2CCNC2)C2CCNC2)c1. The molecule has 0 bridgehead atoms. The molecule has 4 heteroatoms. The number of hydrogen-bond acceptors (Lipinski definition) is 2. The summed E-state index contributed by atoms with van der Waals surface area (Å²) in [7, 11) is 3.31. The Kier molecular flexibility index (Phi) is 7.95. The smallest absolute Gasteiger partial charge is 0.0196 e. The first kappa shape index (κ1) is 26.6. The Morgan fingerprint density at radius 2 is 1.34 bits per heavy atom. The van der Waals surface area contributed by atoms with Gasteiger partial charge in [-0.25, -0.2) is 0 Å². The van der Waals surface area contributed by atoms with E-state index in [4.69, 9.17) is 0 Å². The summed E-state index contributed by atoms with van der Waals surface area (Å²) in [6.07, 6.45) is 4.00. The minimum absolute atomic E-state index is 0.00853. The third-order valence-electron chi connectivity index (χ3n) is 8.12. The summed E-state index contributed by atoms with van der Waals surface area (Å²) >= 11 is 0. The lowest BCUT2D eigenvalue weighted by Crippen LogP contribution is -2.46. The van der Waals surface area contributed by atoms with E-state index in [2.05, 4.69) is 100 Å². The average molecular weight is 477 g/mol. The zero-order chi connectivity index (χ0) is 23.9. The van der Waals surface area contributed by atoms with E-state index >= 15 is 0 Å². The Morgan fingerprint density at radius 3 is 1.72 bits per heavy atom. The molecule has 0 aliphatic carbocycles. The van der Waals surface area contributed by atoms with E-state index in [0.717, 1.165) is 11.3 Å². The number of benzene rings is 1. The van der Waals surface area contributed by atoms with Crippen LogP contribution in [-0.4, -0.2) is 37.5 Å². The predicted molar refractivity (Wildman–Crippen MR) is 149 cm³/mol. The van der Waals surface area contributed by atoms with Crippen LogP contribution in [-0.2, 0) is 16.7 Å². The molecule has 1 aromatic rings. The highest BCUT2D eigenvalue weighted by molar-refractivity contribution is 7.58. The van der Waals surface area contributed by atoms with E-state index < -0.39 is 0 Å². The fourth-order valence-corrected chi connectivity index (χ4v) is 9.80. The molecule has 0 saturated carbocycles. The van der Waals surface area contributed by atoms with Gasteiger partial charge in [0.25, 0.3) is 0 Å². The van der Waals surface area contributed by atoms with Gasteiger partial charge in [0, 0.05) is 18.2 Å². The fraction of sp³-hybridized carbons (Fsp3) is 0.786. The van der Waals surface area contributed by atoms with Gasteiger partial charge in [-0.3, -0.25) is 0 Å². The van der Waals surface area contributed by atoms with Crippen LogP contribution in [0.2, 0.25) is 0 Å². The highest BCUT2D eigenvalue weighted by Gasteiger charge is 2.49. The largest absolute Gasteiger partial charge is 0.316 e. The zero-order valence-corrected chi connectivity index (χ0v) is 24.4. The molecular weight excluding hydrogens is 426 g/mol. The van der Waals surface area contributed by atoms with Crippen LogP contribution in [0, 0.1) is 10.8 Å². The maximum absolute atomic E-state index is 3.68. The van der Waals surface area contributed by atoms with Crippen molar-refractivity contribution in [1.82, 2.24) is 10.6 Å². The zero-order valence-electron chi connectivity index (χ0n) is 22.4. The normalized spacial score (nSPS) is 24.2. The van der Waals surface area contributed by atoms with E-state index in [1.165, 1.54) is 50.7 Å². The predicted octanol–water partition coefficient (Wildman–Crippen LogP) is 6.85. The second-order valence-electron chi connectivity index (χ2n) is 13.4. The van der Waals surface area contributed by atoms with Gasteiger partial charge < -0.3 is 10.6 Å². The van der Waals surface area contributed by atoms with Gasteiger partial charge in [-0.05, 0) is 76.3 Å². The maximum atomic E-state index is 3.68. The summed E-state index contributed by atoms with van der Waals surface area (Å²) in [6.45, 7) is 26.5. The molecule has 2 fully saturated rings. The van der Waals surface area contributed by atoms with Gasteiger partial charge in [0.2, 0.25) is 0 Å². The van der Waals surface area contributed by atoms with Gasteiger partial charge >= 0.3 is 0 Å². The third-order valence-corrected chi connectivity index (χ3v) is 13.6. The molecule has 2 N–H and O–H groups in total. The average Bonchev–Trinajstić information content (AvgIpc) is 3.36. The van der Waals surface area contributed by atoms with Crippen molar-refractivity contribution in [3.63, 3.8) is 0 Å². The van der Waals surface area contributed by atoms with Crippen LogP contribution < -0.4 is 10.6 Å². The Balaban J connectivity index is 2.14. The van der Waals surface area contributed by atoms with E-state index in [0.29, 0.717) is 0 Å².